The minimum absolute atomic E-state index is 0.0114. The fourth-order valence-corrected chi connectivity index (χ4v) is 3.07. The van der Waals surface area contributed by atoms with Gasteiger partial charge in [0.05, 0.1) is 14.2 Å². The Hall–Kier alpha value is -2.12. The number of nitrogens with zero attached hydrogens (tertiary/aromatic N) is 1. The van der Waals surface area contributed by atoms with Crippen molar-refractivity contribution in [3.05, 3.63) is 29.8 Å². The average Bonchev–Trinajstić information content (AvgIpc) is 2.63. The van der Waals surface area contributed by atoms with Gasteiger partial charge in [0, 0.05) is 19.6 Å². The predicted octanol–water partition coefficient (Wildman–Crippen LogP) is 1.09. The van der Waals surface area contributed by atoms with Gasteiger partial charge in [0.1, 0.15) is 11.3 Å². The van der Waals surface area contributed by atoms with Crippen LogP contribution in [0.5, 0.6) is 5.75 Å². The summed E-state index contributed by atoms with van der Waals surface area (Å²) in [4.78, 5) is 26.3. The minimum atomic E-state index is -1.54. The van der Waals surface area contributed by atoms with Crippen LogP contribution >= 0.6 is 0 Å². The normalized spacial score (nSPS) is 20.8. The Morgan fingerprint density at radius 3 is 2.77 bits per heavy atom. The SMILES string of the molecule is COC(=O)C(C)(C)NCC1(O)CCCN(Cc2cccc(OC)c2)C1=O. The van der Waals surface area contributed by atoms with Gasteiger partial charge in [-0.3, -0.25) is 14.9 Å². The lowest BCUT2D eigenvalue weighted by Crippen LogP contribution is -2.61. The summed E-state index contributed by atoms with van der Waals surface area (Å²) in [5.74, 6) is -0.0546. The lowest BCUT2D eigenvalue weighted by atomic mass is 9.90. The molecule has 1 fully saturated rings. The molecule has 7 heteroatoms. The number of carbonyl (C=O) groups excluding carboxylic acids is 2. The van der Waals surface area contributed by atoms with Crippen LogP contribution in [0.1, 0.15) is 32.3 Å². The second kappa shape index (κ2) is 8.05. The van der Waals surface area contributed by atoms with Crippen LogP contribution in [0.25, 0.3) is 0 Å². The summed E-state index contributed by atoms with van der Waals surface area (Å²) >= 11 is 0. The van der Waals surface area contributed by atoms with Gasteiger partial charge in [-0.25, -0.2) is 0 Å². The maximum absolute atomic E-state index is 12.9. The van der Waals surface area contributed by atoms with Gasteiger partial charge >= 0.3 is 5.97 Å². The number of piperidine rings is 1. The molecule has 1 heterocycles. The van der Waals surface area contributed by atoms with E-state index in [0.29, 0.717) is 25.9 Å². The van der Waals surface area contributed by atoms with Gasteiger partial charge in [-0.2, -0.15) is 0 Å². The van der Waals surface area contributed by atoms with E-state index in [2.05, 4.69) is 5.32 Å². The number of nitrogens with one attached hydrogen (secondary N) is 1. The van der Waals surface area contributed by atoms with Crippen molar-refractivity contribution in [2.24, 2.45) is 0 Å². The van der Waals surface area contributed by atoms with E-state index in [9.17, 15) is 14.7 Å². The van der Waals surface area contributed by atoms with Crippen molar-refractivity contribution in [2.45, 2.75) is 44.4 Å². The molecule has 26 heavy (non-hydrogen) atoms. The summed E-state index contributed by atoms with van der Waals surface area (Å²) in [6.07, 6.45) is 1.04. The van der Waals surface area contributed by atoms with E-state index >= 15 is 0 Å². The third-order valence-electron chi connectivity index (χ3n) is 4.73. The van der Waals surface area contributed by atoms with E-state index in [4.69, 9.17) is 9.47 Å². The second-order valence-corrected chi connectivity index (χ2v) is 7.18. The summed E-state index contributed by atoms with van der Waals surface area (Å²) in [5.41, 5.74) is -1.59. The number of esters is 1. The van der Waals surface area contributed by atoms with Crippen LogP contribution < -0.4 is 10.1 Å². The lowest BCUT2D eigenvalue weighted by Gasteiger charge is -2.39. The maximum Gasteiger partial charge on any atom is 0.325 e. The molecule has 1 aliphatic rings. The van der Waals surface area contributed by atoms with E-state index < -0.39 is 17.1 Å². The number of aliphatic hydroxyl groups is 1. The Kier molecular flexibility index (Phi) is 6.26. The fourth-order valence-electron chi connectivity index (χ4n) is 3.07. The zero-order chi connectivity index (χ0) is 19.4. The van der Waals surface area contributed by atoms with E-state index in [-0.39, 0.29) is 12.5 Å². The van der Waals surface area contributed by atoms with Gasteiger partial charge in [-0.1, -0.05) is 12.1 Å². The van der Waals surface area contributed by atoms with Crippen molar-refractivity contribution in [1.82, 2.24) is 10.2 Å². The molecule has 0 aliphatic carbocycles. The van der Waals surface area contributed by atoms with Crippen molar-refractivity contribution in [1.29, 1.82) is 0 Å². The Labute approximate surface area is 154 Å². The number of ether oxygens (including phenoxy) is 2. The van der Waals surface area contributed by atoms with Crippen LogP contribution in [0.3, 0.4) is 0 Å². The zero-order valence-electron chi connectivity index (χ0n) is 15.9. The molecule has 144 valence electrons. The highest BCUT2D eigenvalue weighted by molar-refractivity contribution is 5.86. The summed E-state index contributed by atoms with van der Waals surface area (Å²) in [6, 6.07) is 7.51. The number of rotatable bonds is 7. The van der Waals surface area contributed by atoms with Gasteiger partial charge in [-0.15, -0.1) is 0 Å². The van der Waals surface area contributed by atoms with Gasteiger partial charge in [0.2, 0.25) is 0 Å². The van der Waals surface area contributed by atoms with Crippen LogP contribution in [0.4, 0.5) is 0 Å². The molecule has 1 amide bonds. The number of β-amino-alcohol motifs (C(OH)–C–C–N with tert-alkyl or cyclic N) is 1. The van der Waals surface area contributed by atoms with Crippen molar-refractivity contribution in [3.63, 3.8) is 0 Å². The molecule has 0 aromatic heterocycles. The molecular weight excluding hydrogens is 336 g/mol. The maximum atomic E-state index is 12.9. The van der Waals surface area contributed by atoms with E-state index in [1.54, 1.807) is 25.9 Å². The first kappa shape index (κ1) is 20.2. The molecule has 1 aromatic rings. The molecule has 1 aromatic carbocycles. The number of likely N-dealkylation sites (tertiary alicyclic amines) is 1. The van der Waals surface area contributed by atoms with Gasteiger partial charge in [0.25, 0.3) is 5.91 Å². The smallest absolute Gasteiger partial charge is 0.325 e. The van der Waals surface area contributed by atoms with Crippen LogP contribution in [0, 0.1) is 0 Å². The minimum Gasteiger partial charge on any atom is -0.497 e. The Balaban J connectivity index is 2.06. The molecule has 0 saturated carbocycles. The summed E-state index contributed by atoms with van der Waals surface area (Å²) in [7, 11) is 2.90. The Morgan fingerprint density at radius 2 is 2.12 bits per heavy atom. The number of carbonyl (C=O) groups is 2. The predicted molar refractivity (Wildman–Crippen MR) is 96.7 cm³/mol. The summed E-state index contributed by atoms with van der Waals surface area (Å²) < 4.78 is 9.96. The van der Waals surface area contributed by atoms with Crippen LogP contribution in [0.15, 0.2) is 24.3 Å². The van der Waals surface area contributed by atoms with E-state index in [1.165, 1.54) is 7.11 Å². The topological polar surface area (TPSA) is 88.1 Å². The Bertz CT molecular complexity index is 661. The van der Waals surface area contributed by atoms with Crippen molar-refractivity contribution >= 4 is 11.9 Å². The standard InChI is InChI=1S/C19H28N2O5/c1-18(2,17(23)26-4)20-13-19(24)9-6-10-21(16(19)22)12-14-7-5-8-15(11-14)25-3/h5,7-8,11,20,24H,6,9-10,12-13H2,1-4H3. The van der Waals surface area contributed by atoms with Gasteiger partial charge in [0.15, 0.2) is 5.60 Å². The number of hydrogen-bond donors (Lipinski definition) is 2. The molecule has 0 spiro atoms. The highest BCUT2D eigenvalue weighted by Gasteiger charge is 2.43. The first-order chi connectivity index (χ1) is 12.2. The van der Waals surface area contributed by atoms with E-state index in [1.807, 2.05) is 24.3 Å². The summed E-state index contributed by atoms with van der Waals surface area (Å²) in [6.45, 7) is 4.28. The Morgan fingerprint density at radius 1 is 1.38 bits per heavy atom. The van der Waals surface area contributed by atoms with Crippen molar-refractivity contribution in [3.8, 4) is 5.75 Å². The van der Waals surface area contributed by atoms with Gasteiger partial charge < -0.3 is 19.5 Å². The highest BCUT2D eigenvalue weighted by atomic mass is 16.5. The van der Waals surface area contributed by atoms with E-state index in [0.717, 1.165) is 11.3 Å². The quantitative estimate of drug-likeness (QED) is 0.704. The van der Waals surface area contributed by atoms with Crippen LogP contribution in [0.2, 0.25) is 0 Å². The lowest BCUT2D eigenvalue weighted by molar-refractivity contribution is -0.159. The first-order valence-corrected chi connectivity index (χ1v) is 8.70. The molecule has 1 atom stereocenters. The molecule has 1 unspecified atom stereocenters. The van der Waals surface area contributed by atoms with Crippen LogP contribution in [-0.2, 0) is 20.9 Å². The molecule has 1 saturated heterocycles. The van der Waals surface area contributed by atoms with Crippen LogP contribution in [-0.4, -0.2) is 60.3 Å². The first-order valence-electron chi connectivity index (χ1n) is 8.70. The second-order valence-electron chi connectivity index (χ2n) is 7.18. The molecule has 1 aliphatic heterocycles. The third-order valence-corrected chi connectivity index (χ3v) is 4.73. The number of methoxy groups -OCH3 is 2. The van der Waals surface area contributed by atoms with Crippen molar-refractivity contribution < 1.29 is 24.2 Å². The number of hydrogen-bond acceptors (Lipinski definition) is 6. The molecule has 7 nitrogen and oxygen atoms in total. The fraction of sp³-hybridized carbons (Fsp3) is 0.579. The number of amides is 1. The molecular formula is C19H28N2O5. The average molecular weight is 364 g/mol. The molecule has 0 radical (unpaired) electrons. The molecule has 0 bridgehead atoms. The monoisotopic (exact) mass is 364 g/mol. The summed E-state index contributed by atoms with van der Waals surface area (Å²) in [5, 5.41) is 13.8. The highest BCUT2D eigenvalue weighted by Crippen LogP contribution is 2.25. The largest absolute Gasteiger partial charge is 0.497 e. The number of benzene rings is 1. The molecule has 2 rings (SSSR count). The molecule has 2 N–H and O–H groups in total. The third kappa shape index (κ3) is 4.53. The van der Waals surface area contributed by atoms with Crippen molar-refractivity contribution in [2.75, 3.05) is 27.3 Å². The zero-order valence-corrected chi connectivity index (χ0v) is 15.9. The van der Waals surface area contributed by atoms with Gasteiger partial charge in [-0.05, 0) is 44.4 Å².